The minimum Gasteiger partial charge on any atom is -0.408 e. The van der Waals surface area contributed by atoms with Gasteiger partial charge in [0.05, 0.1) is 5.52 Å². The van der Waals surface area contributed by atoms with E-state index in [1.165, 1.54) is 6.07 Å². The Bertz CT molecular complexity index is 595. The fraction of sp³-hybridized carbons (Fsp3) is 0.0909. The number of carbonyl (C=O) groups is 1. The molecule has 0 aliphatic rings. The van der Waals surface area contributed by atoms with E-state index in [4.69, 9.17) is 4.42 Å². The number of benzene rings is 1. The molecule has 0 fully saturated rings. The maximum absolute atomic E-state index is 11.6. The first-order valence-electron chi connectivity index (χ1n) is 4.72. The van der Waals surface area contributed by atoms with Crippen LogP contribution in [0, 0.1) is 0 Å². The van der Waals surface area contributed by atoms with E-state index >= 15 is 0 Å². The third kappa shape index (κ3) is 1.88. The molecular formula is C11H10N2O3. The van der Waals surface area contributed by atoms with Gasteiger partial charge in [0.15, 0.2) is 5.58 Å². The monoisotopic (exact) mass is 218 g/mol. The second-order valence-electron chi connectivity index (χ2n) is 3.22. The Kier molecular flexibility index (Phi) is 2.59. The quantitative estimate of drug-likeness (QED) is 0.756. The van der Waals surface area contributed by atoms with Gasteiger partial charge in [-0.05, 0) is 18.2 Å². The van der Waals surface area contributed by atoms with Crippen LogP contribution in [0.2, 0.25) is 0 Å². The molecule has 0 aliphatic heterocycles. The van der Waals surface area contributed by atoms with Crippen molar-refractivity contribution in [2.75, 3.05) is 6.54 Å². The van der Waals surface area contributed by atoms with Crippen molar-refractivity contribution in [3.8, 4) is 0 Å². The first-order chi connectivity index (χ1) is 7.70. The highest BCUT2D eigenvalue weighted by Gasteiger charge is 2.07. The van der Waals surface area contributed by atoms with Gasteiger partial charge in [0.25, 0.3) is 5.91 Å². The predicted molar refractivity (Wildman–Crippen MR) is 59.4 cm³/mol. The largest absolute Gasteiger partial charge is 0.417 e. The van der Waals surface area contributed by atoms with Crippen LogP contribution in [0.3, 0.4) is 0 Å². The average Bonchev–Trinajstić information content (AvgIpc) is 2.64. The summed E-state index contributed by atoms with van der Waals surface area (Å²) in [6.07, 6.45) is 1.59. The number of rotatable bonds is 3. The molecule has 82 valence electrons. The maximum Gasteiger partial charge on any atom is 0.417 e. The van der Waals surface area contributed by atoms with Crippen molar-refractivity contribution in [1.29, 1.82) is 0 Å². The Morgan fingerprint density at radius 1 is 1.56 bits per heavy atom. The summed E-state index contributed by atoms with van der Waals surface area (Å²) in [5.41, 5.74) is 1.39. The molecule has 16 heavy (non-hydrogen) atoms. The van der Waals surface area contributed by atoms with Gasteiger partial charge < -0.3 is 9.73 Å². The number of H-pyrrole nitrogens is 1. The summed E-state index contributed by atoms with van der Waals surface area (Å²) in [6, 6.07) is 4.76. The molecular weight excluding hydrogens is 208 g/mol. The van der Waals surface area contributed by atoms with E-state index in [0.717, 1.165) is 0 Å². The molecule has 1 heterocycles. The number of aromatic nitrogens is 1. The van der Waals surface area contributed by atoms with E-state index in [1.807, 2.05) is 0 Å². The van der Waals surface area contributed by atoms with E-state index in [-0.39, 0.29) is 5.91 Å². The summed E-state index contributed by atoms with van der Waals surface area (Å²) in [4.78, 5) is 25.0. The average molecular weight is 218 g/mol. The lowest BCUT2D eigenvalue weighted by molar-refractivity contribution is 0.0958. The van der Waals surface area contributed by atoms with Crippen molar-refractivity contribution in [1.82, 2.24) is 10.3 Å². The zero-order valence-electron chi connectivity index (χ0n) is 8.45. The van der Waals surface area contributed by atoms with Gasteiger partial charge >= 0.3 is 5.76 Å². The molecule has 0 spiro atoms. The van der Waals surface area contributed by atoms with Crippen LogP contribution >= 0.6 is 0 Å². The SMILES string of the molecule is C=CCNC(=O)c1ccc2[nH]c(=O)oc2c1. The number of aromatic amines is 1. The highest BCUT2D eigenvalue weighted by Crippen LogP contribution is 2.11. The van der Waals surface area contributed by atoms with Gasteiger partial charge in [0.1, 0.15) is 0 Å². The first-order valence-corrected chi connectivity index (χ1v) is 4.72. The molecule has 5 heteroatoms. The van der Waals surface area contributed by atoms with Crippen LogP contribution in [0.25, 0.3) is 11.1 Å². The highest BCUT2D eigenvalue weighted by atomic mass is 16.4. The minimum atomic E-state index is -0.529. The van der Waals surface area contributed by atoms with Gasteiger partial charge in [-0.1, -0.05) is 6.08 Å². The number of oxazole rings is 1. The van der Waals surface area contributed by atoms with E-state index < -0.39 is 5.76 Å². The molecule has 5 nitrogen and oxygen atoms in total. The molecule has 2 rings (SSSR count). The lowest BCUT2D eigenvalue weighted by atomic mass is 10.2. The lowest BCUT2D eigenvalue weighted by Gasteiger charge is -2.01. The van der Waals surface area contributed by atoms with Crippen LogP contribution < -0.4 is 11.1 Å². The molecule has 0 saturated heterocycles. The second kappa shape index (κ2) is 4.06. The van der Waals surface area contributed by atoms with Crippen molar-refractivity contribution < 1.29 is 9.21 Å². The molecule has 0 unspecified atom stereocenters. The Morgan fingerprint density at radius 2 is 2.38 bits per heavy atom. The van der Waals surface area contributed by atoms with Crippen LogP contribution in [-0.2, 0) is 0 Å². The third-order valence-electron chi connectivity index (χ3n) is 2.09. The van der Waals surface area contributed by atoms with Crippen LogP contribution in [0.1, 0.15) is 10.4 Å². The second-order valence-corrected chi connectivity index (χ2v) is 3.22. The van der Waals surface area contributed by atoms with Gasteiger partial charge in [-0.2, -0.15) is 0 Å². The van der Waals surface area contributed by atoms with E-state index in [0.29, 0.717) is 23.2 Å². The molecule has 1 aromatic heterocycles. The number of amides is 1. The number of carbonyl (C=O) groups excluding carboxylic acids is 1. The van der Waals surface area contributed by atoms with Crippen LogP contribution in [-0.4, -0.2) is 17.4 Å². The van der Waals surface area contributed by atoms with Crippen molar-refractivity contribution in [2.45, 2.75) is 0 Å². The molecule has 2 N–H and O–H groups in total. The Morgan fingerprint density at radius 3 is 3.12 bits per heavy atom. The van der Waals surface area contributed by atoms with Crippen LogP contribution in [0.15, 0.2) is 40.1 Å². The Balaban J connectivity index is 2.34. The third-order valence-corrected chi connectivity index (χ3v) is 2.09. The Labute approximate surface area is 90.8 Å². The lowest BCUT2D eigenvalue weighted by Crippen LogP contribution is -2.22. The molecule has 1 amide bonds. The van der Waals surface area contributed by atoms with Gasteiger partial charge in [0.2, 0.25) is 0 Å². The standard InChI is InChI=1S/C11H10N2O3/c1-2-5-12-10(14)7-3-4-8-9(6-7)16-11(15)13-8/h2-4,6H,1,5H2,(H,12,14)(H,13,15). The van der Waals surface area contributed by atoms with Crippen molar-refractivity contribution >= 4 is 17.0 Å². The van der Waals surface area contributed by atoms with Crippen molar-refractivity contribution in [2.24, 2.45) is 0 Å². The van der Waals surface area contributed by atoms with Gasteiger partial charge in [-0.3, -0.25) is 9.78 Å². The fourth-order valence-electron chi connectivity index (χ4n) is 1.35. The predicted octanol–water partition coefficient (Wildman–Crippen LogP) is 1.04. The van der Waals surface area contributed by atoms with Crippen molar-refractivity contribution in [3.63, 3.8) is 0 Å². The van der Waals surface area contributed by atoms with E-state index in [1.54, 1.807) is 18.2 Å². The number of hydrogen-bond acceptors (Lipinski definition) is 3. The number of fused-ring (bicyclic) bond motifs is 1. The first kappa shape index (κ1) is 10.2. The summed E-state index contributed by atoms with van der Waals surface area (Å²) < 4.78 is 4.85. The fourth-order valence-corrected chi connectivity index (χ4v) is 1.35. The zero-order valence-corrected chi connectivity index (χ0v) is 8.45. The zero-order chi connectivity index (χ0) is 11.5. The van der Waals surface area contributed by atoms with E-state index in [9.17, 15) is 9.59 Å². The Hall–Kier alpha value is -2.30. The van der Waals surface area contributed by atoms with Crippen LogP contribution in [0.5, 0.6) is 0 Å². The van der Waals surface area contributed by atoms with Gasteiger partial charge in [0, 0.05) is 12.1 Å². The molecule has 0 aliphatic carbocycles. The highest BCUT2D eigenvalue weighted by molar-refractivity contribution is 5.96. The summed E-state index contributed by atoms with van der Waals surface area (Å²) in [7, 11) is 0. The summed E-state index contributed by atoms with van der Waals surface area (Å²) >= 11 is 0. The maximum atomic E-state index is 11.6. The normalized spacial score (nSPS) is 10.2. The molecule has 0 saturated carbocycles. The molecule has 0 atom stereocenters. The minimum absolute atomic E-state index is 0.231. The molecule has 2 aromatic rings. The number of hydrogen-bond donors (Lipinski definition) is 2. The number of nitrogens with one attached hydrogen (secondary N) is 2. The van der Waals surface area contributed by atoms with E-state index in [2.05, 4.69) is 16.9 Å². The molecule has 1 aromatic carbocycles. The molecule has 0 bridgehead atoms. The topological polar surface area (TPSA) is 75.1 Å². The van der Waals surface area contributed by atoms with Gasteiger partial charge in [-0.25, -0.2) is 4.79 Å². The van der Waals surface area contributed by atoms with Crippen molar-refractivity contribution in [3.05, 3.63) is 47.0 Å². The summed E-state index contributed by atoms with van der Waals surface area (Å²) in [6.45, 7) is 3.90. The van der Waals surface area contributed by atoms with Gasteiger partial charge in [-0.15, -0.1) is 6.58 Å². The molecule has 0 radical (unpaired) electrons. The summed E-state index contributed by atoms with van der Waals surface area (Å²) in [5.74, 6) is -0.760. The smallest absolute Gasteiger partial charge is 0.408 e. The van der Waals surface area contributed by atoms with Crippen LogP contribution in [0.4, 0.5) is 0 Å². The summed E-state index contributed by atoms with van der Waals surface area (Å²) in [5, 5.41) is 2.63.